The quantitative estimate of drug-likeness (QED) is 0.548. The minimum Gasteiger partial charge on any atom is -0.491 e. The van der Waals surface area contributed by atoms with E-state index in [2.05, 4.69) is 17.6 Å². The normalized spacial score (nSPS) is 10.5. The van der Waals surface area contributed by atoms with Crippen molar-refractivity contribution < 1.29 is 14.3 Å². The van der Waals surface area contributed by atoms with Crippen LogP contribution in [0.1, 0.15) is 39.0 Å². The lowest BCUT2D eigenvalue weighted by Gasteiger charge is -2.09. The van der Waals surface area contributed by atoms with Crippen LogP contribution in [0.25, 0.3) is 0 Å². The maximum absolute atomic E-state index is 11.9. The number of anilines is 1. The smallest absolute Gasteiger partial charge is 0.238 e. The van der Waals surface area contributed by atoms with Crippen LogP contribution in [0.3, 0.4) is 0 Å². The van der Waals surface area contributed by atoms with Gasteiger partial charge in [0.05, 0.1) is 13.2 Å². The first-order valence-electron chi connectivity index (χ1n) is 8.48. The number of hydrogen-bond acceptors (Lipinski definition) is 4. The number of rotatable bonds is 13. The van der Waals surface area contributed by atoms with Gasteiger partial charge >= 0.3 is 0 Å². The molecular weight excluding hydrogens is 292 g/mol. The summed E-state index contributed by atoms with van der Waals surface area (Å²) in [6.45, 7) is 4.46. The second kappa shape index (κ2) is 12.9. The van der Waals surface area contributed by atoms with Gasteiger partial charge in [0.25, 0.3) is 0 Å². The number of ether oxygens (including phenoxy) is 2. The van der Waals surface area contributed by atoms with E-state index in [0.717, 1.165) is 24.4 Å². The summed E-state index contributed by atoms with van der Waals surface area (Å²) in [6.07, 6.45) is 6.17. The third kappa shape index (κ3) is 9.92. The van der Waals surface area contributed by atoms with Gasteiger partial charge in [-0.3, -0.25) is 4.79 Å². The maximum atomic E-state index is 11.9. The van der Waals surface area contributed by atoms with Crippen molar-refractivity contribution in [2.75, 3.05) is 38.7 Å². The van der Waals surface area contributed by atoms with E-state index in [-0.39, 0.29) is 5.91 Å². The van der Waals surface area contributed by atoms with Gasteiger partial charge in [0.1, 0.15) is 12.4 Å². The van der Waals surface area contributed by atoms with Gasteiger partial charge in [-0.15, -0.1) is 0 Å². The molecule has 1 aromatic rings. The summed E-state index contributed by atoms with van der Waals surface area (Å²) in [4.78, 5) is 11.9. The molecule has 0 fully saturated rings. The van der Waals surface area contributed by atoms with Crippen LogP contribution in [-0.2, 0) is 9.53 Å². The van der Waals surface area contributed by atoms with Crippen LogP contribution >= 0.6 is 0 Å². The summed E-state index contributed by atoms with van der Waals surface area (Å²) in [5.74, 6) is 0.691. The van der Waals surface area contributed by atoms with Crippen LogP contribution in [0.5, 0.6) is 5.75 Å². The molecule has 1 aromatic carbocycles. The first-order chi connectivity index (χ1) is 11.3. The second-order valence-corrected chi connectivity index (χ2v) is 5.51. The van der Waals surface area contributed by atoms with Gasteiger partial charge in [0.15, 0.2) is 0 Å². The lowest BCUT2D eigenvalue weighted by molar-refractivity contribution is -0.115. The van der Waals surface area contributed by atoms with Crippen LogP contribution in [0.4, 0.5) is 5.69 Å². The zero-order valence-corrected chi connectivity index (χ0v) is 14.4. The van der Waals surface area contributed by atoms with Crippen LogP contribution in [0.15, 0.2) is 24.3 Å². The molecule has 0 saturated heterocycles. The fourth-order valence-electron chi connectivity index (χ4n) is 2.17. The topological polar surface area (TPSA) is 59.6 Å². The molecule has 0 heterocycles. The molecule has 0 aromatic heterocycles. The molecule has 1 amide bonds. The Morgan fingerprint density at radius 3 is 2.74 bits per heavy atom. The average molecular weight is 322 g/mol. The number of amides is 1. The molecule has 5 nitrogen and oxygen atoms in total. The lowest BCUT2D eigenvalue weighted by atomic mass is 10.1. The number of nitrogens with one attached hydrogen (secondary N) is 2. The molecule has 0 aliphatic heterocycles. The Bertz CT molecular complexity index is 438. The largest absolute Gasteiger partial charge is 0.491 e. The SMILES string of the molecule is CCCCCCCNCC(=O)Nc1cccc(OCCOC)c1. The summed E-state index contributed by atoms with van der Waals surface area (Å²) in [5.41, 5.74) is 0.745. The van der Waals surface area contributed by atoms with Gasteiger partial charge in [-0.1, -0.05) is 38.7 Å². The van der Waals surface area contributed by atoms with Crippen molar-refractivity contribution in [3.05, 3.63) is 24.3 Å². The van der Waals surface area contributed by atoms with E-state index in [9.17, 15) is 4.79 Å². The highest BCUT2D eigenvalue weighted by Gasteiger charge is 2.03. The number of benzene rings is 1. The molecule has 130 valence electrons. The molecule has 5 heteroatoms. The van der Waals surface area contributed by atoms with E-state index in [4.69, 9.17) is 9.47 Å². The third-order valence-corrected chi connectivity index (χ3v) is 3.42. The fraction of sp³-hybridized carbons (Fsp3) is 0.611. The van der Waals surface area contributed by atoms with Crippen molar-refractivity contribution in [3.8, 4) is 5.75 Å². The van der Waals surface area contributed by atoms with E-state index in [1.165, 1.54) is 25.7 Å². The molecule has 0 unspecified atom stereocenters. The van der Waals surface area contributed by atoms with Gasteiger partial charge in [0.2, 0.25) is 5.91 Å². The van der Waals surface area contributed by atoms with Crippen molar-refractivity contribution in [2.24, 2.45) is 0 Å². The van der Waals surface area contributed by atoms with E-state index in [0.29, 0.717) is 19.8 Å². The predicted octanol–water partition coefficient (Wildman–Crippen LogP) is 3.21. The number of methoxy groups -OCH3 is 1. The molecule has 0 atom stereocenters. The van der Waals surface area contributed by atoms with Crippen LogP contribution < -0.4 is 15.4 Å². The molecule has 0 saturated carbocycles. The molecular formula is C18H30N2O3. The minimum atomic E-state index is -0.0346. The number of carbonyl (C=O) groups excluding carboxylic acids is 1. The first-order valence-corrected chi connectivity index (χ1v) is 8.48. The highest BCUT2D eigenvalue weighted by Crippen LogP contribution is 2.17. The Labute approximate surface area is 139 Å². The van der Waals surface area contributed by atoms with Gasteiger partial charge in [0, 0.05) is 18.9 Å². The van der Waals surface area contributed by atoms with E-state index >= 15 is 0 Å². The monoisotopic (exact) mass is 322 g/mol. The van der Waals surface area contributed by atoms with Crippen molar-refractivity contribution in [2.45, 2.75) is 39.0 Å². The van der Waals surface area contributed by atoms with Gasteiger partial charge in [-0.05, 0) is 25.1 Å². The molecule has 2 N–H and O–H groups in total. The van der Waals surface area contributed by atoms with E-state index in [1.807, 2.05) is 24.3 Å². The molecule has 0 aliphatic carbocycles. The molecule has 0 bridgehead atoms. The van der Waals surface area contributed by atoms with E-state index < -0.39 is 0 Å². The highest BCUT2D eigenvalue weighted by atomic mass is 16.5. The Hall–Kier alpha value is -1.59. The van der Waals surface area contributed by atoms with Crippen LogP contribution in [-0.4, -0.2) is 39.3 Å². The Morgan fingerprint density at radius 1 is 1.13 bits per heavy atom. The lowest BCUT2D eigenvalue weighted by Crippen LogP contribution is -2.28. The summed E-state index contributed by atoms with van der Waals surface area (Å²) in [7, 11) is 1.64. The summed E-state index contributed by atoms with van der Waals surface area (Å²) in [6, 6.07) is 7.39. The number of hydrogen-bond donors (Lipinski definition) is 2. The fourth-order valence-corrected chi connectivity index (χ4v) is 2.17. The molecule has 0 aliphatic rings. The maximum Gasteiger partial charge on any atom is 0.238 e. The Balaban J connectivity index is 2.19. The molecule has 23 heavy (non-hydrogen) atoms. The highest BCUT2D eigenvalue weighted by molar-refractivity contribution is 5.92. The standard InChI is InChI=1S/C18H30N2O3/c1-3-4-5-6-7-11-19-15-18(21)20-16-9-8-10-17(14-16)23-13-12-22-2/h8-10,14,19H,3-7,11-13,15H2,1-2H3,(H,20,21). The average Bonchev–Trinajstić information content (AvgIpc) is 2.55. The third-order valence-electron chi connectivity index (χ3n) is 3.42. The van der Waals surface area contributed by atoms with Gasteiger partial charge < -0.3 is 20.1 Å². The number of carbonyl (C=O) groups is 1. The Morgan fingerprint density at radius 2 is 1.96 bits per heavy atom. The van der Waals surface area contributed by atoms with Gasteiger partial charge in [-0.2, -0.15) is 0 Å². The summed E-state index contributed by atoms with van der Waals surface area (Å²) in [5, 5.41) is 6.05. The molecule has 0 spiro atoms. The minimum absolute atomic E-state index is 0.0346. The van der Waals surface area contributed by atoms with Gasteiger partial charge in [-0.25, -0.2) is 0 Å². The van der Waals surface area contributed by atoms with Crippen molar-refractivity contribution >= 4 is 11.6 Å². The van der Waals surface area contributed by atoms with Crippen molar-refractivity contribution in [3.63, 3.8) is 0 Å². The van der Waals surface area contributed by atoms with E-state index in [1.54, 1.807) is 7.11 Å². The first kappa shape index (κ1) is 19.5. The summed E-state index contributed by atoms with van der Waals surface area (Å²) < 4.78 is 10.5. The van der Waals surface area contributed by atoms with Crippen molar-refractivity contribution in [1.82, 2.24) is 5.32 Å². The van der Waals surface area contributed by atoms with Crippen molar-refractivity contribution in [1.29, 1.82) is 0 Å². The zero-order chi connectivity index (χ0) is 16.8. The number of unbranched alkanes of at least 4 members (excludes halogenated alkanes) is 4. The van der Waals surface area contributed by atoms with Crippen LogP contribution in [0, 0.1) is 0 Å². The summed E-state index contributed by atoms with van der Waals surface area (Å²) >= 11 is 0. The molecule has 0 radical (unpaired) electrons. The molecule has 1 rings (SSSR count). The predicted molar refractivity (Wildman–Crippen MR) is 94.1 cm³/mol. The second-order valence-electron chi connectivity index (χ2n) is 5.51. The zero-order valence-electron chi connectivity index (χ0n) is 14.4. The Kier molecular flexibility index (Phi) is 10.9. The van der Waals surface area contributed by atoms with Crippen LogP contribution in [0.2, 0.25) is 0 Å².